The van der Waals surface area contributed by atoms with Crippen LogP contribution in [-0.2, 0) is 6.54 Å². The van der Waals surface area contributed by atoms with Crippen molar-refractivity contribution in [2.75, 3.05) is 0 Å². The number of alkyl halides is 3. The first-order valence-corrected chi connectivity index (χ1v) is 4.38. The monoisotopic (exact) mass is 207 g/mol. The minimum atomic E-state index is -4.24. The maximum atomic E-state index is 12.1. The van der Waals surface area contributed by atoms with Gasteiger partial charge in [-0.1, -0.05) is 13.8 Å². The van der Waals surface area contributed by atoms with Crippen molar-refractivity contribution < 1.29 is 13.2 Å². The molecule has 0 radical (unpaired) electrons. The molecule has 1 heterocycles. The summed E-state index contributed by atoms with van der Waals surface area (Å²) >= 11 is 0. The average Bonchev–Trinajstić information content (AvgIpc) is 2.48. The van der Waals surface area contributed by atoms with Crippen LogP contribution in [0.4, 0.5) is 13.2 Å². The summed E-state index contributed by atoms with van der Waals surface area (Å²) < 4.78 is 37.1. The average molecular weight is 207 g/mol. The smallest absolute Gasteiger partial charge is 0.241 e. The summed E-state index contributed by atoms with van der Waals surface area (Å²) in [4.78, 5) is 3.82. The fraction of sp³-hybridized carbons (Fsp3) is 0.750. The second kappa shape index (κ2) is 3.98. The molecule has 0 N–H and O–H groups in total. The van der Waals surface area contributed by atoms with Crippen LogP contribution in [0.5, 0.6) is 0 Å². The molecule has 0 bridgehead atoms. The molecular formula is C8H12F3N3. The van der Waals surface area contributed by atoms with Crippen LogP contribution in [-0.4, -0.2) is 20.9 Å². The molecule has 0 amide bonds. The van der Waals surface area contributed by atoms with E-state index in [4.69, 9.17) is 0 Å². The predicted octanol–water partition coefficient (Wildman–Crippen LogP) is 2.35. The molecular weight excluding hydrogens is 195 g/mol. The van der Waals surface area contributed by atoms with Crippen molar-refractivity contribution in [1.82, 2.24) is 14.8 Å². The van der Waals surface area contributed by atoms with Gasteiger partial charge in [0.25, 0.3) is 0 Å². The third-order valence-electron chi connectivity index (χ3n) is 2.03. The van der Waals surface area contributed by atoms with E-state index in [9.17, 15) is 13.2 Å². The molecule has 0 spiro atoms. The highest BCUT2D eigenvalue weighted by Gasteiger charge is 2.30. The fourth-order valence-corrected chi connectivity index (χ4v) is 1.13. The van der Waals surface area contributed by atoms with E-state index in [1.54, 1.807) is 0 Å². The highest BCUT2D eigenvalue weighted by Crippen LogP contribution is 2.21. The van der Waals surface area contributed by atoms with Gasteiger partial charge in [-0.05, 0) is 6.42 Å². The molecule has 0 saturated heterocycles. The lowest BCUT2D eigenvalue weighted by atomic mass is 10.1. The molecule has 1 atom stereocenters. The maximum Gasteiger partial charge on any atom is 0.408 e. The zero-order valence-corrected chi connectivity index (χ0v) is 8.04. The molecule has 0 aliphatic carbocycles. The number of aromatic nitrogens is 3. The van der Waals surface area contributed by atoms with Crippen molar-refractivity contribution in [2.45, 2.75) is 38.9 Å². The SMILES string of the molecule is CCC(C)c1ncnn1CC(F)(F)F. The number of hydrogen-bond donors (Lipinski definition) is 0. The van der Waals surface area contributed by atoms with Gasteiger partial charge >= 0.3 is 6.18 Å². The van der Waals surface area contributed by atoms with Crippen LogP contribution in [0.1, 0.15) is 32.0 Å². The molecule has 0 aliphatic heterocycles. The Labute approximate surface area is 79.9 Å². The molecule has 1 aromatic heterocycles. The molecule has 6 heteroatoms. The van der Waals surface area contributed by atoms with E-state index in [0.29, 0.717) is 5.82 Å². The van der Waals surface area contributed by atoms with Gasteiger partial charge in [0.05, 0.1) is 0 Å². The van der Waals surface area contributed by atoms with E-state index in [-0.39, 0.29) is 5.92 Å². The molecule has 1 rings (SSSR count). The second-order valence-electron chi connectivity index (χ2n) is 3.20. The highest BCUT2D eigenvalue weighted by atomic mass is 19.4. The van der Waals surface area contributed by atoms with E-state index >= 15 is 0 Å². The normalized spacial score (nSPS) is 14.4. The molecule has 0 aliphatic rings. The van der Waals surface area contributed by atoms with Crippen LogP contribution in [0, 0.1) is 0 Å². The summed E-state index contributed by atoms with van der Waals surface area (Å²) in [5.41, 5.74) is 0. The van der Waals surface area contributed by atoms with Crippen LogP contribution in [0.2, 0.25) is 0 Å². The Morgan fingerprint density at radius 2 is 2.14 bits per heavy atom. The third-order valence-corrected chi connectivity index (χ3v) is 2.03. The van der Waals surface area contributed by atoms with Crippen LogP contribution in [0.3, 0.4) is 0 Å². The molecule has 14 heavy (non-hydrogen) atoms. The number of nitrogens with zero attached hydrogens (tertiary/aromatic N) is 3. The molecule has 1 aromatic rings. The van der Waals surface area contributed by atoms with Crippen LogP contribution >= 0.6 is 0 Å². The summed E-state index contributed by atoms with van der Waals surface area (Å²) in [5, 5.41) is 3.56. The standard InChI is InChI=1S/C8H12F3N3/c1-3-6(2)7-12-5-13-14(7)4-8(9,10)11/h5-6H,3-4H2,1-2H3. The summed E-state index contributed by atoms with van der Waals surface area (Å²) in [7, 11) is 0. The number of halogens is 3. The lowest BCUT2D eigenvalue weighted by Crippen LogP contribution is -2.21. The Bertz CT molecular complexity index is 292. The first-order valence-electron chi connectivity index (χ1n) is 4.38. The summed E-state index contributed by atoms with van der Waals surface area (Å²) in [5.74, 6) is 0.393. The first-order chi connectivity index (χ1) is 6.44. The van der Waals surface area contributed by atoms with Gasteiger partial charge in [-0.3, -0.25) is 0 Å². The highest BCUT2D eigenvalue weighted by molar-refractivity contribution is 4.93. The van der Waals surface area contributed by atoms with Gasteiger partial charge in [0.15, 0.2) is 0 Å². The lowest BCUT2D eigenvalue weighted by Gasteiger charge is -2.12. The number of rotatable bonds is 3. The van der Waals surface area contributed by atoms with Gasteiger partial charge in [0.2, 0.25) is 0 Å². The lowest BCUT2D eigenvalue weighted by molar-refractivity contribution is -0.143. The molecule has 0 aromatic carbocycles. The Hall–Kier alpha value is -1.07. The fourth-order valence-electron chi connectivity index (χ4n) is 1.13. The summed E-state index contributed by atoms with van der Waals surface area (Å²) in [6.45, 7) is 2.67. The van der Waals surface area contributed by atoms with Crippen molar-refractivity contribution in [3.8, 4) is 0 Å². The quantitative estimate of drug-likeness (QED) is 0.761. The third kappa shape index (κ3) is 2.71. The minimum Gasteiger partial charge on any atom is -0.241 e. The van der Waals surface area contributed by atoms with Crippen LogP contribution in [0.15, 0.2) is 6.33 Å². The van der Waals surface area contributed by atoms with Crippen molar-refractivity contribution in [3.63, 3.8) is 0 Å². The topological polar surface area (TPSA) is 30.7 Å². The molecule has 3 nitrogen and oxygen atoms in total. The zero-order valence-electron chi connectivity index (χ0n) is 8.04. The summed E-state index contributed by atoms with van der Waals surface area (Å²) in [6, 6.07) is 0. The Morgan fingerprint density at radius 1 is 1.50 bits per heavy atom. The van der Waals surface area contributed by atoms with E-state index in [0.717, 1.165) is 17.4 Å². The molecule has 1 unspecified atom stereocenters. The van der Waals surface area contributed by atoms with Gasteiger partial charge in [0.1, 0.15) is 18.7 Å². The van der Waals surface area contributed by atoms with Gasteiger partial charge in [-0.25, -0.2) is 9.67 Å². The minimum absolute atomic E-state index is 0.000139. The van der Waals surface area contributed by atoms with Crippen LogP contribution < -0.4 is 0 Å². The zero-order chi connectivity index (χ0) is 10.8. The van der Waals surface area contributed by atoms with Gasteiger partial charge in [0, 0.05) is 5.92 Å². The number of hydrogen-bond acceptors (Lipinski definition) is 2. The van der Waals surface area contributed by atoms with E-state index < -0.39 is 12.7 Å². The molecule has 0 fully saturated rings. The Kier molecular flexibility index (Phi) is 3.13. The molecule has 80 valence electrons. The van der Waals surface area contributed by atoms with Gasteiger partial charge in [-0.2, -0.15) is 18.3 Å². The summed E-state index contributed by atoms with van der Waals surface area (Å²) in [6.07, 6.45) is -2.33. The maximum absolute atomic E-state index is 12.1. The van der Waals surface area contributed by atoms with Gasteiger partial charge in [-0.15, -0.1) is 0 Å². The predicted molar refractivity (Wildman–Crippen MR) is 44.8 cm³/mol. The molecule has 0 saturated carbocycles. The van der Waals surface area contributed by atoms with Crippen molar-refractivity contribution in [3.05, 3.63) is 12.2 Å². The van der Waals surface area contributed by atoms with E-state index in [1.807, 2.05) is 13.8 Å². The van der Waals surface area contributed by atoms with E-state index in [1.165, 1.54) is 0 Å². The largest absolute Gasteiger partial charge is 0.408 e. The van der Waals surface area contributed by atoms with Gasteiger partial charge < -0.3 is 0 Å². The van der Waals surface area contributed by atoms with E-state index in [2.05, 4.69) is 10.1 Å². The van der Waals surface area contributed by atoms with Crippen LogP contribution in [0.25, 0.3) is 0 Å². The Balaban J connectivity index is 2.82. The Morgan fingerprint density at radius 3 is 2.64 bits per heavy atom. The van der Waals surface area contributed by atoms with Crippen molar-refractivity contribution >= 4 is 0 Å². The first kappa shape index (κ1) is 11.0. The van der Waals surface area contributed by atoms with Crippen molar-refractivity contribution in [1.29, 1.82) is 0 Å². The van der Waals surface area contributed by atoms with Crippen molar-refractivity contribution in [2.24, 2.45) is 0 Å². The second-order valence-corrected chi connectivity index (χ2v) is 3.20.